The number of aryl methyl sites for hydroxylation is 1. The van der Waals surface area contributed by atoms with Crippen molar-refractivity contribution < 1.29 is 9.90 Å². The Labute approximate surface area is 122 Å². The molecule has 1 unspecified atom stereocenters. The summed E-state index contributed by atoms with van der Waals surface area (Å²) in [6.07, 6.45) is 1.84. The molecule has 0 aliphatic carbocycles. The van der Waals surface area contributed by atoms with Gasteiger partial charge >= 0.3 is 0 Å². The molecule has 1 saturated heterocycles. The van der Waals surface area contributed by atoms with Gasteiger partial charge in [0.25, 0.3) is 0 Å². The second kappa shape index (κ2) is 7.26. The normalized spacial score (nSPS) is 19.1. The fourth-order valence-corrected chi connectivity index (χ4v) is 3.82. The van der Waals surface area contributed by atoms with E-state index in [1.165, 1.54) is 0 Å². The summed E-state index contributed by atoms with van der Waals surface area (Å²) in [7, 11) is 0. The fraction of sp³-hybridized carbons (Fsp3) is 0.692. The Kier molecular flexibility index (Phi) is 5.66. The van der Waals surface area contributed by atoms with Gasteiger partial charge in [0.2, 0.25) is 5.91 Å². The van der Waals surface area contributed by atoms with Gasteiger partial charge in [-0.05, 0) is 25.7 Å². The number of aliphatic hydroxyl groups is 1. The quantitative estimate of drug-likeness (QED) is 0.872. The van der Waals surface area contributed by atoms with Gasteiger partial charge in [-0.2, -0.15) is 0 Å². The third-order valence-corrected chi connectivity index (χ3v) is 5.09. The Morgan fingerprint density at radius 3 is 3.21 bits per heavy atom. The molecule has 1 aliphatic rings. The Balaban J connectivity index is 1.67. The van der Waals surface area contributed by atoms with E-state index in [1.807, 2.05) is 11.8 Å². The van der Waals surface area contributed by atoms with Crippen LogP contribution < -0.4 is 0 Å². The first kappa shape index (κ1) is 14.8. The number of aliphatic hydroxyl groups excluding tert-OH is 1. The number of aromatic nitrogens is 1. The van der Waals surface area contributed by atoms with Gasteiger partial charge in [0.1, 0.15) is 0 Å². The summed E-state index contributed by atoms with van der Waals surface area (Å²) in [5, 5.41) is 12.0. The summed E-state index contributed by atoms with van der Waals surface area (Å²) in [4.78, 5) is 18.3. The number of carbonyl (C=O) groups excluding carboxylic acids is 1. The summed E-state index contributed by atoms with van der Waals surface area (Å²) in [6, 6.07) is 0. The van der Waals surface area contributed by atoms with Gasteiger partial charge in [-0.15, -0.1) is 23.1 Å². The van der Waals surface area contributed by atoms with Crippen LogP contribution in [0.2, 0.25) is 0 Å². The summed E-state index contributed by atoms with van der Waals surface area (Å²) in [5.41, 5.74) is 1.07. The topological polar surface area (TPSA) is 53.4 Å². The van der Waals surface area contributed by atoms with Crippen molar-refractivity contribution in [1.82, 2.24) is 9.88 Å². The van der Waals surface area contributed by atoms with Crippen molar-refractivity contribution in [3.8, 4) is 0 Å². The van der Waals surface area contributed by atoms with Gasteiger partial charge in [-0.25, -0.2) is 4.98 Å². The van der Waals surface area contributed by atoms with Crippen LogP contribution in [0.15, 0.2) is 5.38 Å². The molecule has 19 heavy (non-hydrogen) atoms. The highest BCUT2D eigenvalue weighted by atomic mass is 32.2. The molecule has 106 valence electrons. The van der Waals surface area contributed by atoms with Gasteiger partial charge in [0.05, 0.1) is 16.5 Å². The van der Waals surface area contributed by atoms with Crippen LogP contribution in [0.25, 0.3) is 0 Å². The second-order valence-electron chi connectivity index (χ2n) is 4.86. The minimum Gasteiger partial charge on any atom is -0.396 e. The van der Waals surface area contributed by atoms with Gasteiger partial charge < -0.3 is 10.0 Å². The summed E-state index contributed by atoms with van der Waals surface area (Å²) in [6.45, 7) is 3.88. The largest absolute Gasteiger partial charge is 0.396 e. The van der Waals surface area contributed by atoms with Gasteiger partial charge in [-0.3, -0.25) is 4.79 Å². The lowest BCUT2D eigenvalue weighted by atomic mass is 10.1. The maximum absolute atomic E-state index is 12.0. The first-order valence-electron chi connectivity index (χ1n) is 6.56. The predicted molar refractivity (Wildman–Crippen MR) is 79.4 cm³/mol. The highest BCUT2D eigenvalue weighted by Crippen LogP contribution is 2.21. The third-order valence-electron chi connectivity index (χ3n) is 3.32. The molecule has 2 heterocycles. The average molecular weight is 300 g/mol. The van der Waals surface area contributed by atoms with Crippen molar-refractivity contribution in [2.75, 3.05) is 25.4 Å². The molecule has 1 atom stereocenters. The number of carbonyl (C=O) groups is 1. The Hall–Kier alpha value is -0.590. The molecule has 0 spiro atoms. The minimum absolute atomic E-state index is 0.220. The lowest BCUT2D eigenvalue weighted by molar-refractivity contribution is -0.127. The first-order valence-corrected chi connectivity index (χ1v) is 8.60. The zero-order valence-corrected chi connectivity index (χ0v) is 12.8. The molecule has 0 bridgehead atoms. The zero-order valence-electron chi connectivity index (χ0n) is 11.2. The molecule has 1 fully saturated rings. The molecule has 1 aromatic rings. The van der Waals surface area contributed by atoms with Crippen LogP contribution in [0.4, 0.5) is 0 Å². The standard InChI is InChI=1S/C13H20N2O2S2/c1-10-14-12(8-19-10)7-18-9-13(17)15-4-2-11(6-15)3-5-16/h8,11,16H,2-7,9H2,1H3. The number of thioether (sulfide) groups is 1. The fourth-order valence-electron chi connectivity index (χ4n) is 2.29. The molecule has 2 rings (SSSR count). The summed E-state index contributed by atoms with van der Waals surface area (Å²) < 4.78 is 0. The van der Waals surface area contributed by atoms with E-state index in [0.29, 0.717) is 11.7 Å². The molecule has 4 nitrogen and oxygen atoms in total. The second-order valence-corrected chi connectivity index (χ2v) is 6.91. The van der Waals surface area contributed by atoms with Crippen molar-refractivity contribution in [3.05, 3.63) is 16.1 Å². The van der Waals surface area contributed by atoms with Crippen molar-refractivity contribution in [2.45, 2.75) is 25.5 Å². The first-order chi connectivity index (χ1) is 9.19. The molecule has 1 amide bonds. The van der Waals surface area contributed by atoms with Crippen LogP contribution in [-0.4, -0.2) is 46.3 Å². The van der Waals surface area contributed by atoms with Crippen LogP contribution in [-0.2, 0) is 10.5 Å². The van der Waals surface area contributed by atoms with E-state index in [2.05, 4.69) is 10.4 Å². The van der Waals surface area contributed by atoms with Crippen molar-refractivity contribution in [1.29, 1.82) is 0 Å². The van der Waals surface area contributed by atoms with E-state index in [-0.39, 0.29) is 12.5 Å². The van der Waals surface area contributed by atoms with Gasteiger partial charge in [0, 0.05) is 30.8 Å². The third kappa shape index (κ3) is 4.47. The number of hydrogen-bond donors (Lipinski definition) is 1. The smallest absolute Gasteiger partial charge is 0.232 e. The highest BCUT2D eigenvalue weighted by Gasteiger charge is 2.25. The monoisotopic (exact) mass is 300 g/mol. The van der Waals surface area contributed by atoms with Crippen LogP contribution >= 0.6 is 23.1 Å². The number of rotatable bonds is 6. The lowest BCUT2D eigenvalue weighted by Crippen LogP contribution is -2.30. The lowest BCUT2D eigenvalue weighted by Gasteiger charge is -2.15. The number of thiazole rings is 1. The zero-order chi connectivity index (χ0) is 13.7. The summed E-state index contributed by atoms with van der Waals surface area (Å²) in [5.74, 6) is 2.05. The van der Waals surface area contributed by atoms with Crippen LogP contribution in [0, 0.1) is 12.8 Å². The predicted octanol–water partition coefficient (Wildman–Crippen LogP) is 1.92. The molecule has 0 aromatic carbocycles. The van der Waals surface area contributed by atoms with Crippen molar-refractivity contribution >= 4 is 29.0 Å². The van der Waals surface area contributed by atoms with E-state index in [1.54, 1.807) is 23.1 Å². The molecule has 0 saturated carbocycles. The van der Waals surface area contributed by atoms with Gasteiger partial charge in [0.15, 0.2) is 0 Å². The number of nitrogens with zero attached hydrogens (tertiary/aromatic N) is 2. The molecule has 0 radical (unpaired) electrons. The molecular weight excluding hydrogens is 280 g/mol. The Morgan fingerprint density at radius 1 is 1.68 bits per heavy atom. The average Bonchev–Trinajstić information content (AvgIpc) is 2.99. The SMILES string of the molecule is Cc1nc(CSCC(=O)N2CCC(CCO)C2)cs1. The number of likely N-dealkylation sites (tertiary alicyclic amines) is 1. The number of hydrogen-bond acceptors (Lipinski definition) is 5. The maximum atomic E-state index is 12.0. The van der Waals surface area contributed by atoms with Crippen LogP contribution in [0.5, 0.6) is 0 Å². The van der Waals surface area contributed by atoms with Crippen LogP contribution in [0.1, 0.15) is 23.5 Å². The Bertz CT molecular complexity index is 423. The van der Waals surface area contributed by atoms with E-state index in [9.17, 15) is 4.79 Å². The molecular formula is C13H20N2O2S2. The maximum Gasteiger partial charge on any atom is 0.232 e. The molecule has 1 N–H and O–H groups in total. The van der Waals surface area contributed by atoms with E-state index in [0.717, 1.165) is 42.4 Å². The Morgan fingerprint density at radius 2 is 2.53 bits per heavy atom. The molecule has 1 aromatic heterocycles. The molecule has 6 heteroatoms. The van der Waals surface area contributed by atoms with Gasteiger partial charge in [-0.1, -0.05) is 0 Å². The summed E-state index contributed by atoms with van der Waals surface area (Å²) >= 11 is 3.28. The van der Waals surface area contributed by atoms with Crippen LogP contribution in [0.3, 0.4) is 0 Å². The highest BCUT2D eigenvalue weighted by molar-refractivity contribution is 7.99. The van der Waals surface area contributed by atoms with E-state index in [4.69, 9.17) is 5.11 Å². The van der Waals surface area contributed by atoms with Crippen molar-refractivity contribution in [2.24, 2.45) is 5.92 Å². The minimum atomic E-state index is 0.220. The van der Waals surface area contributed by atoms with E-state index >= 15 is 0 Å². The van der Waals surface area contributed by atoms with E-state index < -0.39 is 0 Å². The van der Waals surface area contributed by atoms with Crippen molar-refractivity contribution in [3.63, 3.8) is 0 Å². The number of amides is 1. The molecule has 1 aliphatic heterocycles.